The summed E-state index contributed by atoms with van der Waals surface area (Å²) >= 11 is 0. The van der Waals surface area contributed by atoms with Gasteiger partial charge < -0.3 is 15.4 Å². The van der Waals surface area contributed by atoms with Gasteiger partial charge >= 0.3 is 5.97 Å². The van der Waals surface area contributed by atoms with Crippen molar-refractivity contribution in [2.45, 2.75) is 19.8 Å². The Kier molecular flexibility index (Phi) is 3.85. The van der Waals surface area contributed by atoms with Gasteiger partial charge in [-0.3, -0.25) is 9.59 Å². The van der Waals surface area contributed by atoms with Gasteiger partial charge in [0.15, 0.2) is 0 Å². The van der Waals surface area contributed by atoms with Crippen molar-refractivity contribution in [3.05, 3.63) is 35.5 Å². The quantitative estimate of drug-likeness (QED) is 0.763. The predicted octanol–water partition coefficient (Wildman–Crippen LogP) is 1.61. The fourth-order valence-corrected chi connectivity index (χ4v) is 2.05. The molecule has 2 aromatic rings. The maximum Gasteiger partial charge on any atom is 0.305 e. The van der Waals surface area contributed by atoms with Crippen molar-refractivity contribution in [3.63, 3.8) is 0 Å². The molecule has 3 N–H and O–H groups in total. The molecular formula is C14H16N2O3. The summed E-state index contributed by atoms with van der Waals surface area (Å²) in [6, 6.07) is 5.94. The first-order valence-electron chi connectivity index (χ1n) is 6.12. The van der Waals surface area contributed by atoms with Gasteiger partial charge in [-0.2, -0.15) is 0 Å². The molecule has 1 aromatic heterocycles. The van der Waals surface area contributed by atoms with E-state index in [4.69, 9.17) is 5.11 Å². The molecule has 2 rings (SSSR count). The number of rotatable bonds is 5. The number of aromatic amines is 1. The Morgan fingerprint density at radius 1 is 1.37 bits per heavy atom. The van der Waals surface area contributed by atoms with Gasteiger partial charge in [0.2, 0.25) is 5.91 Å². The molecule has 5 nitrogen and oxygen atoms in total. The number of carbonyl (C=O) groups is 2. The Morgan fingerprint density at radius 3 is 2.89 bits per heavy atom. The molecule has 0 spiro atoms. The highest BCUT2D eigenvalue weighted by molar-refractivity contribution is 5.90. The highest BCUT2D eigenvalue weighted by atomic mass is 16.4. The minimum Gasteiger partial charge on any atom is -0.481 e. The number of benzene rings is 1. The summed E-state index contributed by atoms with van der Waals surface area (Å²) in [6.07, 6.45) is 2.02. The van der Waals surface area contributed by atoms with Gasteiger partial charge in [0.25, 0.3) is 0 Å². The third-order valence-corrected chi connectivity index (χ3v) is 3.02. The van der Waals surface area contributed by atoms with Gasteiger partial charge in [-0.15, -0.1) is 0 Å². The Labute approximate surface area is 110 Å². The van der Waals surface area contributed by atoms with E-state index in [0.717, 1.165) is 22.0 Å². The molecule has 0 radical (unpaired) electrons. The summed E-state index contributed by atoms with van der Waals surface area (Å²) in [5, 5.41) is 12.1. The lowest BCUT2D eigenvalue weighted by Gasteiger charge is -2.03. The zero-order valence-electron chi connectivity index (χ0n) is 10.7. The topological polar surface area (TPSA) is 82.2 Å². The number of nitrogens with one attached hydrogen (secondary N) is 2. The third-order valence-electron chi connectivity index (χ3n) is 3.02. The van der Waals surface area contributed by atoms with Crippen LogP contribution < -0.4 is 5.32 Å². The highest BCUT2D eigenvalue weighted by Crippen LogP contribution is 2.21. The Morgan fingerprint density at radius 2 is 2.16 bits per heavy atom. The van der Waals surface area contributed by atoms with Crippen LogP contribution in [0.4, 0.5) is 0 Å². The van der Waals surface area contributed by atoms with Crippen molar-refractivity contribution in [1.29, 1.82) is 0 Å². The van der Waals surface area contributed by atoms with E-state index >= 15 is 0 Å². The Bertz CT molecular complexity index is 616. The second-order valence-corrected chi connectivity index (χ2v) is 4.48. The monoisotopic (exact) mass is 260 g/mol. The summed E-state index contributed by atoms with van der Waals surface area (Å²) in [7, 11) is 0. The zero-order valence-corrected chi connectivity index (χ0v) is 10.7. The molecule has 1 heterocycles. The van der Waals surface area contributed by atoms with E-state index in [2.05, 4.69) is 10.3 Å². The van der Waals surface area contributed by atoms with Gasteiger partial charge in [0, 0.05) is 23.6 Å². The second kappa shape index (κ2) is 5.56. The van der Waals surface area contributed by atoms with Crippen LogP contribution in [0.15, 0.2) is 24.4 Å². The van der Waals surface area contributed by atoms with Crippen molar-refractivity contribution in [3.8, 4) is 0 Å². The molecule has 1 aromatic carbocycles. The molecule has 0 unspecified atom stereocenters. The highest BCUT2D eigenvalue weighted by Gasteiger charge is 2.09. The fourth-order valence-electron chi connectivity index (χ4n) is 2.05. The molecule has 100 valence electrons. The molecular weight excluding hydrogens is 244 g/mol. The van der Waals surface area contributed by atoms with Crippen LogP contribution in [-0.2, 0) is 16.0 Å². The average Bonchev–Trinajstić information content (AvgIpc) is 2.73. The van der Waals surface area contributed by atoms with Crippen LogP contribution in [0, 0.1) is 6.92 Å². The number of H-pyrrole nitrogens is 1. The number of carboxylic acid groups (broad SMARTS) is 1. The number of aromatic nitrogens is 1. The first kappa shape index (κ1) is 13.1. The molecule has 19 heavy (non-hydrogen) atoms. The first-order chi connectivity index (χ1) is 9.08. The van der Waals surface area contributed by atoms with Crippen molar-refractivity contribution in [2.75, 3.05) is 6.54 Å². The molecule has 0 fully saturated rings. The van der Waals surface area contributed by atoms with Crippen LogP contribution in [0.1, 0.15) is 17.5 Å². The molecule has 0 aliphatic rings. The number of aryl methyl sites for hydroxylation is 1. The predicted molar refractivity (Wildman–Crippen MR) is 72.0 cm³/mol. The number of para-hydroxylation sites is 1. The second-order valence-electron chi connectivity index (χ2n) is 4.48. The minimum absolute atomic E-state index is 0.0568. The summed E-state index contributed by atoms with van der Waals surface area (Å²) in [4.78, 5) is 25.2. The van der Waals surface area contributed by atoms with E-state index < -0.39 is 5.97 Å². The SMILES string of the molecule is Cc1cccc2c(CC(=O)NCCC(=O)O)c[nH]c12. The lowest BCUT2D eigenvalue weighted by atomic mass is 10.1. The number of hydrogen-bond acceptors (Lipinski definition) is 2. The number of carbonyl (C=O) groups excluding carboxylic acids is 1. The van der Waals surface area contributed by atoms with E-state index in [-0.39, 0.29) is 25.3 Å². The maximum atomic E-state index is 11.7. The van der Waals surface area contributed by atoms with Gasteiger partial charge in [0.05, 0.1) is 12.8 Å². The van der Waals surface area contributed by atoms with E-state index in [1.807, 2.05) is 31.3 Å². The van der Waals surface area contributed by atoms with Crippen LogP contribution in [0.5, 0.6) is 0 Å². The summed E-state index contributed by atoms with van der Waals surface area (Å²) in [5.74, 6) is -1.08. The van der Waals surface area contributed by atoms with Gasteiger partial charge in [0.1, 0.15) is 0 Å². The zero-order chi connectivity index (χ0) is 13.8. The third kappa shape index (κ3) is 3.13. The van der Waals surface area contributed by atoms with Crippen LogP contribution in [-0.4, -0.2) is 28.5 Å². The van der Waals surface area contributed by atoms with E-state index in [0.29, 0.717) is 0 Å². The number of aliphatic carboxylic acids is 1. The molecule has 1 amide bonds. The molecule has 0 atom stereocenters. The number of hydrogen-bond donors (Lipinski definition) is 3. The molecule has 0 aliphatic heterocycles. The van der Waals surface area contributed by atoms with Crippen molar-refractivity contribution < 1.29 is 14.7 Å². The normalized spacial score (nSPS) is 10.6. The fraction of sp³-hybridized carbons (Fsp3) is 0.286. The number of amides is 1. The maximum absolute atomic E-state index is 11.7. The van der Waals surface area contributed by atoms with E-state index in [1.165, 1.54) is 0 Å². The lowest BCUT2D eigenvalue weighted by molar-refractivity contribution is -0.136. The number of carboxylic acids is 1. The van der Waals surface area contributed by atoms with Gasteiger partial charge in [-0.25, -0.2) is 0 Å². The van der Waals surface area contributed by atoms with Crippen molar-refractivity contribution in [1.82, 2.24) is 10.3 Å². The van der Waals surface area contributed by atoms with Crippen LogP contribution in [0.3, 0.4) is 0 Å². The first-order valence-corrected chi connectivity index (χ1v) is 6.12. The van der Waals surface area contributed by atoms with E-state index in [1.54, 1.807) is 0 Å². The molecule has 0 saturated heterocycles. The Hall–Kier alpha value is -2.30. The largest absolute Gasteiger partial charge is 0.481 e. The molecule has 0 bridgehead atoms. The average molecular weight is 260 g/mol. The summed E-state index contributed by atoms with van der Waals surface area (Å²) in [5.41, 5.74) is 3.09. The number of fused-ring (bicyclic) bond motifs is 1. The lowest BCUT2D eigenvalue weighted by Crippen LogP contribution is -2.27. The summed E-state index contributed by atoms with van der Waals surface area (Å²) in [6.45, 7) is 2.17. The van der Waals surface area contributed by atoms with Crippen molar-refractivity contribution in [2.24, 2.45) is 0 Å². The van der Waals surface area contributed by atoms with Gasteiger partial charge in [-0.05, 0) is 18.1 Å². The van der Waals surface area contributed by atoms with Gasteiger partial charge in [-0.1, -0.05) is 18.2 Å². The molecule has 0 saturated carbocycles. The molecule has 5 heteroatoms. The van der Waals surface area contributed by atoms with Crippen LogP contribution in [0.2, 0.25) is 0 Å². The smallest absolute Gasteiger partial charge is 0.305 e. The Balaban J connectivity index is 2.03. The van der Waals surface area contributed by atoms with Crippen LogP contribution in [0.25, 0.3) is 10.9 Å². The van der Waals surface area contributed by atoms with Crippen molar-refractivity contribution >= 4 is 22.8 Å². The molecule has 0 aliphatic carbocycles. The summed E-state index contributed by atoms with van der Waals surface area (Å²) < 4.78 is 0. The van der Waals surface area contributed by atoms with E-state index in [9.17, 15) is 9.59 Å². The standard InChI is InChI=1S/C14H16N2O3/c1-9-3-2-4-11-10(8-16-14(9)11)7-12(17)15-6-5-13(18)19/h2-4,8,16H,5-7H2,1H3,(H,15,17)(H,18,19). The van der Waals surface area contributed by atoms with Crippen LogP contribution >= 0.6 is 0 Å². The minimum atomic E-state index is -0.914.